The molecular formula is C18H24N4O. The summed E-state index contributed by atoms with van der Waals surface area (Å²) < 4.78 is 0. The highest BCUT2D eigenvalue weighted by Crippen LogP contribution is 2.22. The highest BCUT2D eigenvalue weighted by molar-refractivity contribution is 5.85. The lowest BCUT2D eigenvalue weighted by molar-refractivity contribution is -0.125. The Hall–Kier alpha value is -2.14. The molecule has 1 aromatic heterocycles. The molecule has 5 heteroatoms. The van der Waals surface area contributed by atoms with Gasteiger partial charge in [0.15, 0.2) is 0 Å². The minimum absolute atomic E-state index is 0.137. The summed E-state index contributed by atoms with van der Waals surface area (Å²) in [6.07, 6.45) is 1.84. The fraction of sp³-hybridized carbons (Fsp3) is 0.444. The Balaban J connectivity index is 1.79. The Labute approximate surface area is 137 Å². The average molecular weight is 312 g/mol. The van der Waals surface area contributed by atoms with E-state index in [1.165, 1.54) is 0 Å². The lowest BCUT2D eigenvalue weighted by Crippen LogP contribution is -2.37. The monoisotopic (exact) mass is 312 g/mol. The quantitative estimate of drug-likeness (QED) is 0.905. The van der Waals surface area contributed by atoms with Gasteiger partial charge in [0, 0.05) is 31.9 Å². The Bertz CT molecular complexity index is 692. The molecule has 2 aromatic rings. The van der Waals surface area contributed by atoms with E-state index in [1.807, 2.05) is 37.2 Å². The van der Waals surface area contributed by atoms with Crippen LogP contribution < -0.4 is 15.5 Å². The zero-order valence-electron chi connectivity index (χ0n) is 13.8. The predicted octanol–water partition coefficient (Wildman–Crippen LogP) is 1.92. The maximum absolute atomic E-state index is 12.4. The second-order valence-electron chi connectivity index (χ2n) is 6.29. The molecule has 1 saturated heterocycles. The molecule has 3 rings (SSSR count). The standard InChI is InChI=1S/C18H24N4O/c1-22(2)17-11-14(15-5-3-4-6-16(15)21-17)12-20-18(23)13-7-9-19-10-8-13/h3-6,11,13,19H,7-10,12H2,1-2H3,(H,20,23). The van der Waals surface area contributed by atoms with Gasteiger partial charge < -0.3 is 15.5 Å². The van der Waals surface area contributed by atoms with Gasteiger partial charge in [-0.05, 0) is 43.6 Å². The van der Waals surface area contributed by atoms with Crippen LogP contribution in [0.5, 0.6) is 0 Å². The Morgan fingerprint density at radius 1 is 1.30 bits per heavy atom. The summed E-state index contributed by atoms with van der Waals surface area (Å²) in [5, 5.41) is 7.51. The highest BCUT2D eigenvalue weighted by Gasteiger charge is 2.20. The van der Waals surface area contributed by atoms with Crippen molar-refractivity contribution in [3.8, 4) is 0 Å². The normalized spacial score (nSPS) is 15.6. The van der Waals surface area contributed by atoms with E-state index in [1.54, 1.807) is 0 Å². The van der Waals surface area contributed by atoms with Gasteiger partial charge >= 0.3 is 0 Å². The van der Waals surface area contributed by atoms with Gasteiger partial charge in [0.1, 0.15) is 5.82 Å². The van der Waals surface area contributed by atoms with E-state index in [0.717, 1.165) is 48.2 Å². The first-order valence-electron chi connectivity index (χ1n) is 8.19. The number of hydrogen-bond donors (Lipinski definition) is 2. The summed E-state index contributed by atoms with van der Waals surface area (Å²) in [6.45, 7) is 2.41. The van der Waals surface area contributed by atoms with Crippen LogP contribution in [0.4, 0.5) is 5.82 Å². The summed E-state index contributed by atoms with van der Waals surface area (Å²) in [5.74, 6) is 1.21. The van der Waals surface area contributed by atoms with Gasteiger partial charge in [0.25, 0.3) is 0 Å². The summed E-state index contributed by atoms with van der Waals surface area (Å²) in [4.78, 5) is 19.0. The third-order valence-corrected chi connectivity index (χ3v) is 4.41. The number of nitrogens with one attached hydrogen (secondary N) is 2. The minimum atomic E-state index is 0.137. The third kappa shape index (κ3) is 3.62. The van der Waals surface area contributed by atoms with Crippen LogP contribution in [0.1, 0.15) is 18.4 Å². The van der Waals surface area contributed by atoms with Crippen LogP contribution in [0.15, 0.2) is 30.3 Å². The number of nitrogens with zero attached hydrogens (tertiary/aromatic N) is 2. The van der Waals surface area contributed by atoms with Crippen molar-refractivity contribution in [2.24, 2.45) is 5.92 Å². The average Bonchev–Trinajstić information content (AvgIpc) is 2.59. The van der Waals surface area contributed by atoms with Crippen LogP contribution >= 0.6 is 0 Å². The number of hydrogen-bond acceptors (Lipinski definition) is 4. The number of carbonyl (C=O) groups is 1. The van der Waals surface area contributed by atoms with E-state index < -0.39 is 0 Å². The maximum Gasteiger partial charge on any atom is 0.223 e. The van der Waals surface area contributed by atoms with Crippen molar-refractivity contribution >= 4 is 22.6 Å². The molecule has 2 heterocycles. The first-order chi connectivity index (χ1) is 11.1. The first-order valence-corrected chi connectivity index (χ1v) is 8.19. The number of carbonyl (C=O) groups excluding carboxylic acids is 1. The van der Waals surface area contributed by atoms with Crippen molar-refractivity contribution in [3.05, 3.63) is 35.9 Å². The number of benzene rings is 1. The SMILES string of the molecule is CN(C)c1cc(CNC(=O)C2CCNCC2)c2ccccc2n1. The molecule has 5 nitrogen and oxygen atoms in total. The number of fused-ring (bicyclic) bond motifs is 1. The lowest BCUT2D eigenvalue weighted by Gasteiger charge is -2.22. The molecule has 1 amide bonds. The molecule has 0 radical (unpaired) electrons. The molecule has 0 unspecified atom stereocenters. The molecule has 0 saturated carbocycles. The van der Waals surface area contributed by atoms with E-state index in [4.69, 9.17) is 0 Å². The molecule has 1 aliphatic heterocycles. The van der Waals surface area contributed by atoms with E-state index >= 15 is 0 Å². The Kier molecular flexibility index (Phi) is 4.76. The van der Waals surface area contributed by atoms with Crippen molar-refractivity contribution in [2.75, 3.05) is 32.1 Å². The largest absolute Gasteiger partial charge is 0.363 e. The van der Waals surface area contributed by atoms with Gasteiger partial charge in [0.2, 0.25) is 5.91 Å². The molecule has 0 bridgehead atoms. The van der Waals surface area contributed by atoms with Crippen molar-refractivity contribution < 1.29 is 4.79 Å². The molecule has 2 N–H and O–H groups in total. The fourth-order valence-electron chi connectivity index (χ4n) is 3.02. The molecule has 1 aromatic carbocycles. The zero-order chi connectivity index (χ0) is 16.2. The van der Waals surface area contributed by atoms with Gasteiger partial charge in [-0.15, -0.1) is 0 Å². The number of amides is 1. The topological polar surface area (TPSA) is 57.3 Å². The lowest BCUT2D eigenvalue weighted by atomic mass is 9.97. The Morgan fingerprint density at radius 2 is 2.04 bits per heavy atom. The number of para-hydroxylation sites is 1. The van der Waals surface area contributed by atoms with E-state index in [2.05, 4.69) is 27.8 Å². The van der Waals surface area contributed by atoms with Crippen molar-refractivity contribution in [1.29, 1.82) is 0 Å². The van der Waals surface area contributed by atoms with Gasteiger partial charge in [-0.3, -0.25) is 4.79 Å². The third-order valence-electron chi connectivity index (χ3n) is 4.41. The summed E-state index contributed by atoms with van der Waals surface area (Å²) in [6, 6.07) is 10.1. The van der Waals surface area contributed by atoms with E-state index in [0.29, 0.717) is 6.54 Å². The minimum Gasteiger partial charge on any atom is -0.363 e. The van der Waals surface area contributed by atoms with Gasteiger partial charge in [0.05, 0.1) is 5.52 Å². The summed E-state index contributed by atoms with van der Waals surface area (Å²) >= 11 is 0. The predicted molar refractivity (Wildman–Crippen MR) is 93.5 cm³/mol. The zero-order valence-corrected chi connectivity index (χ0v) is 13.8. The second-order valence-corrected chi connectivity index (χ2v) is 6.29. The van der Waals surface area contributed by atoms with Gasteiger partial charge in [-0.25, -0.2) is 4.98 Å². The summed E-state index contributed by atoms with van der Waals surface area (Å²) in [7, 11) is 3.96. The first kappa shape index (κ1) is 15.7. The summed E-state index contributed by atoms with van der Waals surface area (Å²) in [5.41, 5.74) is 2.08. The van der Waals surface area contributed by atoms with Crippen LogP contribution in [-0.4, -0.2) is 38.1 Å². The number of aromatic nitrogens is 1. The fourth-order valence-corrected chi connectivity index (χ4v) is 3.02. The van der Waals surface area contributed by atoms with E-state index in [-0.39, 0.29) is 11.8 Å². The molecule has 0 atom stereocenters. The van der Waals surface area contributed by atoms with Crippen LogP contribution in [0.25, 0.3) is 10.9 Å². The van der Waals surface area contributed by atoms with Gasteiger partial charge in [-0.1, -0.05) is 18.2 Å². The molecule has 23 heavy (non-hydrogen) atoms. The molecule has 1 fully saturated rings. The maximum atomic E-state index is 12.4. The van der Waals surface area contributed by atoms with Crippen LogP contribution in [0, 0.1) is 5.92 Å². The van der Waals surface area contributed by atoms with Crippen LogP contribution in [0.3, 0.4) is 0 Å². The number of rotatable bonds is 4. The van der Waals surface area contributed by atoms with Crippen molar-refractivity contribution in [1.82, 2.24) is 15.6 Å². The molecule has 0 aliphatic carbocycles. The number of anilines is 1. The van der Waals surface area contributed by atoms with Gasteiger partial charge in [-0.2, -0.15) is 0 Å². The number of piperidine rings is 1. The Morgan fingerprint density at radius 3 is 2.78 bits per heavy atom. The molecule has 1 aliphatic rings. The second kappa shape index (κ2) is 6.96. The van der Waals surface area contributed by atoms with Crippen LogP contribution in [0.2, 0.25) is 0 Å². The molecule has 0 spiro atoms. The smallest absolute Gasteiger partial charge is 0.223 e. The molecule has 122 valence electrons. The van der Waals surface area contributed by atoms with E-state index in [9.17, 15) is 4.79 Å². The van der Waals surface area contributed by atoms with Crippen molar-refractivity contribution in [2.45, 2.75) is 19.4 Å². The number of pyridine rings is 1. The van der Waals surface area contributed by atoms with Crippen LogP contribution in [-0.2, 0) is 11.3 Å². The highest BCUT2D eigenvalue weighted by atomic mass is 16.1. The van der Waals surface area contributed by atoms with Crippen molar-refractivity contribution in [3.63, 3.8) is 0 Å². The molecular weight excluding hydrogens is 288 g/mol.